The van der Waals surface area contributed by atoms with E-state index in [-0.39, 0.29) is 35.9 Å². The summed E-state index contributed by atoms with van der Waals surface area (Å²) >= 11 is 0. The average molecular weight is 280 g/mol. The zero-order chi connectivity index (χ0) is 15.0. The molecule has 2 aliphatic rings. The minimum atomic E-state index is -0.335. The van der Waals surface area contributed by atoms with Crippen molar-refractivity contribution in [3.8, 4) is 0 Å². The van der Waals surface area contributed by atoms with Crippen molar-refractivity contribution in [3.05, 3.63) is 0 Å². The quantitative estimate of drug-likeness (QED) is 0.839. The Kier molecular flexibility index (Phi) is 4.40. The van der Waals surface area contributed by atoms with Gasteiger partial charge in [-0.3, -0.25) is 9.59 Å². The molecule has 1 aliphatic heterocycles. The molecule has 0 spiro atoms. The molecule has 1 heterocycles. The summed E-state index contributed by atoms with van der Waals surface area (Å²) in [4.78, 5) is 27.1. The van der Waals surface area contributed by atoms with Crippen molar-refractivity contribution in [2.75, 3.05) is 0 Å². The van der Waals surface area contributed by atoms with Crippen molar-refractivity contribution in [2.45, 2.75) is 72.0 Å². The Hall–Kier alpha value is -1.06. The first-order chi connectivity index (χ1) is 9.32. The molecule has 2 rings (SSSR count). The number of rotatable bonds is 5. The van der Waals surface area contributed by atoms with Crippen LogP contribution in [-0.2, 0) is 9.59 Å². The number of carbonyl (C=O) groups is 2. The zero-order valence-electron chi connectivity index (χ0n) is 13.3. The number of piperazine rings is 1. The second-order valence-electron chi connectivity index (χ2n) is 7.20. The summed E-state index contributed by atoms with van der Waals surface area (Å²) in [5.41, 5.74) is 0. The molecule has 20 heavy (non-hydrogen) atoms. The molecule has 1 saturated carbocycles. The second kappa shape index (κ2) is 5.74. The van der Waals surface area contributed by atoms with Crippen molar-refractivity contribution in [1.29, 1.82) is 0 Å². The van der Waals surface area contributed by atoms with E-state index in [9.17, 15) is 9.59 Å². The Labute approximate surface area is 122 Å². The maximum Gasteiger partial charge on any atom is 0.246 e. The first-order valence-corrected chi connectivity index (χ1v) is 7.95. The van der Waals surface area contributed by atoms with Gasteiger partial charge >= 0.3 is 0 Å². The highest BCUT2D eigenvalue weighted by atomic mass is 16.2. The van der Waals surface area contributed by atoms with E-state index in [1.807, 2.05) is 18.7 Å². The second-order valence-corrected chi connectivity index (χ2v) is 7.20. The first-order valence-electron chi connectivity index (χ1n) is 7.95. The summed E-state index contributed by atoms with van der Waals surface area (Å²) in [5.74, 6) is 1.29. The Morgan fingerprint density at radius 3 is 2.20 bits per heavy atom. The van der Waals surface area contributed by atoms with Gasteiger partial charge in [0.15, 0.2) is 0 Å². The van der Waals surface area contributed by atoms with Crippen molar-refractivity contribution < 1.29 is 9.59 Å². The van der Waals surface area contributed by atoms with E-state index in [1.54, 1.807) is 0 Å². The largest absolute Gasteiger partial charge is 0.342 e. The molecule has 3 unspecified atom stereocenters. The van der Waals surface area contributed by atoms with Crippen molar-refractivity contribution in [3.63, 3.8) is 0 Å². The van der Waals surface area contributed by atoms with Gasteiger partial charge in [0.2, 0.25) is 11.8 Å². The lowest BCUT2D eigenvalue weighted by Crippen LogP contribution is -2.67. The van der Waals surface area contributed by atoms with Gasteiger partial charge in [0.1, 0.15) is 12.1 Å². The third-order valence-electron chi connectivity index (χ3n) is 4.52. The Morgan fingerprint density at radius 2 is 1.75 bits per heavy atom. The van der Waals surface area contributed by atoms with Crippen LogP contribution in [0.2, 0.25) is 0 Å². The lowest BCUT2D eigenvalue weighted by atomic mass is 9.91. The molecule has 4 nitrogen and oxygen atoms in total. The van der Waals surface area contributed by atoms with Gasteiger partial charge in [-0.25, -0.2) is 0 Å². The van der Waals surface area contributed by atoms with Crippen molar-refractivity contribution >= 4 is 11.8 Å². The molecule has 1 N–H and O–H groups in total. The summed E-state index contributed by atoms with van der Waals surface area (Å²) in [5, 5.41) is 2.94. The number of carbonyl (C=O) groups excluding carboxylic acids is 2. The molecule has 2 fully saturated rings. The predicted octanol–water partition coefficient (Wildman–Crippen LogP) is 2.18. The van der Waals surface area contributed by atoms with Gasteiger partial charge in [-0.05, 0) is 43.9 Å². The summed E-state index contributed by atoms with van der Waals surface area (Å²) in [6.45, 7) is 10.3. The van der Waals surface area contributed by atoms with Gasteiger partial charge in [0.05, 0.1) is 0 Å². The minimum absolute atomic E-state index is 0.0257. The Morgan fingerprint density at radius 1 is 1.15 bits per heavy atom. The monoisotopic (exact) mass is 280 g/mol. The van der Waals surface area contributed by atoms with Crippen LogP contribution in [-0.4, -0.2) is 34.8 Å². The molecule has 114 valence electrons. The number of hydrogen-bond acceptors (Lipinski definition) is 2. The molecule has 0 aromatic rings. The highest BCUT2D eigenvalue weighted by molar-refractivity contribution is 5.97. The van der Waals surface area contributed by atoms with E-state index in [4.69, 9.17) is 0 Å². The predicted molar refractivity (Wildman–Crippen MR) is 79.0 cm³/mol. The van der Waals surface area contributed by atoms with E-state index < -0.39 is 0 Å². The molecular formula is C16H28N2O2. The molecule has 4 heteroatoms. The van der Waals surface area contributed by atoms with Crippen molar-refractivity contribution in [1.82, 2.24) is 10.2 Å². The standard InChI is InChI=1S/C16H28N2O2/c1-9(2)8-13-16(20)18(11(5)12-6-7-12)14(10(3)4)15(19)17-13/h9-14H,6-8H2,1-5H3,(H,17,19). The van der Waals surface area contributed by atoms with Crippen LogP contribution >= 0.6 is 0 Å². The van der Waals surface area contributed by atoms with Crippen molar-refractivity contribution in [2.24, 2.45) is 17.8 Å². The molecule has 0 aromatic heterocycles. The lowest BCUT2D eigenvalue weighted by Gasteiger charge is -2.44. The smallest absolute Gasteiger partial charge is 0.246 e. The summed E-state index contributed by atoms with van der Waals surface area (Å²) < 4.78 is 0. The Balaban J connectivity index is 2.23. The lowest BCUT2D eigenvalue weighted by molar-refractivity contribution is -0.154. The van der Waals surface area contributed by atoms with Crippen LogP contribution in [0.5, 0.6) is 0 Å². The maximum atomic E-state index is 12.8. The average Bonchev–Trinajstić information content (AvgIpc) is 3.14. The van der Waals surface area contributed by atoms with E-state index in [1.165, 1.54) is 12.8 Å². The molecule has 1 aliphatic carbocycles. The number of amides is 2. The highest BCUT2D eigenvalue weighted by Gasteiger charge is 2.47. The van der Waals surface area contributed by atoms with Gasteiger partial charge < -0.3 is 10.2 Å². The van der Waals surface area contributed by atoms with Gasteiger partial charge in [-0.15, -0.1) is 0 Å². The maximum absolute atomic E-state index is 12.8. The topological polar surface area (TPSA) is 49.4 Å². The van der Waals surface area contributed by atoms with Crippen LogP contribution < -0.4 is 5.32 Å². The summed E-state index contributed by atoms with van der Waals surface area (Å²) in [6, 6.07) is -0.448. The SMILES string of the molecule is CC(C)CC1NC(=O)C(C(C)C)N(C(C)C2CC2)C1=O. The fourth-order valence-corrected chi connectivity index (χ4v) is 3.28. The number of nitrogens with zero attached hydrogens (tertiary/aromatic N) is 1. The van der Waals surface area contributed by atoms with Gasteiger partial charge in [0.25, 0.3) is 0 Å². The first kappa shape index (κ1) is 15.3. The summed E-state index contributed by atoms with van der Waals surface area (Å²) in [6.07, 6.45) is 3.10. The molecule has 2 amide bonds. The Bertz CT molecular complexity index is 388. The molecule has 0 radical (unpaired) electrons. The molecule has 0 aromatic carbocycles. The third-order valence-corrected chi connectivity index (χ3v) is 4.52. The van der Waals surface area contributed by atoms with Crippen LogP contribution in [0.1, 0.15) is 53.9 Å². The number of nitrogens with one attached hydrogen (secondary N) is 1. The molecule has 0 bridgehead atoms. The van der Waals surface area contributed by atoms with E-state index in [2.05, 4.69) is 26.1 Å². The van der Waals surface area contributed by atoms with Gasteiger partial charge in [-0.2, -0.15) is 0 Å². The van der Waals surface area contributed by atoms with Crippen LogP contribution in [0.15, 0.2) is 0 Å². The van der Waals surface area contributed by atoms with Crippen LogP contribution in [0, 0.1) is 17.8 Å². The van der Waals surface area contributed by atoms with E-state index >= 15 is 0 Å². The molecular weight excluding hydrogens is 252 g/mol. The van der Waals surface area contributed by atoms with Crippen LogP contribution in [0.3, 0.4) is 0 Å². The van der Waals surface area contributed by atoms with Gasteiger partial charge in [-0.1, -0.05) is 27.7 Å². The van der Waals surface area contributed by atoms with E-state index in [0.717, 1.165) is 6.42 Å². The van der Waals surface area contributed by atoms with E-state index in [0.29, 0.717) is 11.8 Å². The van der Waals surface area contributed by atoms with Crippen LogP contribution in [0.4, 0.5) is 0 Å². The van der Waals surface area contributed by atoms with Gasteiger partial charge in [0, 0.05) is 6.04 Å². The minimum Gasteiger partial charge on any atom is -0.342 e. The normalized spacial score (nSPS) is 29.1. The molecule has 3 atom stereocenters. The highest BCUT2D eigenvalue weighted by Crippen LogP contribution is 2.37. The summed E-state index contributed by atoms with van der Waals surface area (Å²) in [7, 11) is 0. The zero-order valence-corrected chi connectivity index (χ0v) is 13.3. The van der Waals surface area contributed by atoms with Crippen LogP contribution in [0.25, 0.3) is 0 Å². The fraction of sp³-hybridized carbons (Fsp3) is 0.875. The third kappa shape index (κ3) is 2.99. The molecule has 1 saturated heterocycles. The fourth-order valence-electron chi connectivity index (χ4n) is 3.28. The number of hydrogen-bond donors (Lipinski definition) is 1.